The van der Waals surface area contributed by atoms with Gasteiger partial charge in [0.2, 0.25) is 0 Å². The molecule has 2 heterocycles. The Bertz CT molecular complexity index is 1290. The van der Waals surface area contributed by atoms with Gasteiger partial charge in [-0.1, -0.05) is 60.2 Å². The first kappa shape index (κ1) is 16.5. The SMILES string of the molecule is Cc1cccc2c3ccsc3cc-2c1.c1ccc2cc3sccc3c-2cc1. The summed E-state index contributed by atoms with van der Waals surface area (Å²) in [5.41, 5.74) is 6.74. The predicted molar refractivity (Wildman–Crippen MR) is 122 cm³/mol. The molecule has 0 spiro atoms. The quantitative estimate of drug-likeness (QED) is 0.248. The van der Waals surface area contributed by atoms with Crippen LogP contribution in [0.25, 0.3) is 42.4 Å². The summed E-state index contributed by atoms with van der Waals surface area (Å²) in [7, 11) is 0. The zero-order valence-corrected chi connectivity index (χ0v) is 16.6. The van der Waals surface area contributed by atoms with Crippen molar-refractivity contribution in [2.45, 2.75) is 6.92 Å². The maximum absolute atomic E-state index is 2.28. The average Bonchev–Trinajstić information content (AvgIpc) is 3.35. The van der Waals surface area contributed by atoms with Gasteiger partial charge >= 0.3 is 0 Å². The van der Waals surface area contributed by atoms with E-state index in [9.17, 15) is 0 Å². The Morgan fingerprint density at radius 1 is 0.556 bits per heavy atom. The molecule has 0 atom stereocenters. The molecule has 2 aromatic heterocycles. The summed E-state index contributed by atoms with van der Waals surface area (Å²) in [6.07, 6.45) is 0. The molecule has 4 aliphatic carbocycles. The van der Waals surface area contributed by atoms with Gasteiger partial charge in [-0.05, 0) is 64.2 Å². The molecule has 0 aliphatic heterocycles. The van der Waals surface area contributed by atoms with Crippen molar-refractivity contribution in [1.29, 1.82) is 0 Å². The minimum absolute atomic E-state index is 1.32. The summed E-state index contributed by atoms with van der Waals surface area (Å²) in [5, 5.41) is 7.08. The first-order valence-corrected chi connectivity index (χ1v) is 10.8. The van der Waals surface area contributed by atoms with Crippen LogP contribution < -0.4 is 0 Å². The molecule has 0 bridgehead atoms. The standard InChI is InChI=1S/C13H10S.C12H8S/c1-9-3-2-4-11-10(7-9)8-13-12(11)5-6-14-13;1-2-4-9-8-12-11(6-7-13-12)10(9)5-3-1/h2-8H,1H3;1-8H. The van der Waals surface area contributed by atoms with Gasteiger partial charge in [0.1, 0.15) is 0 Å². The molecule has 130 valence electrons. The summed E-state index contributed by atoms with van der Waals surface area (Å²) in [4.78, 5) is 0. The molecule has 27 heavy (non-hydrogen) atoms. The van der Waals surface area contributed by atoms with Crippen LogP contribution in [-0.4, -0.2) is 0 Å². The second-order valence-electron chi connectivity index (χ2n) is 6.75. The lowest BCUT2D eigenvalue weighted by Crippen LogP contribution is -1.65. The predicted octanol–water partition coefficient (Wildman–Crippen LogP) is 8.32. The fourth-order valence-corrected chi connectivity index (χ4v) is 5.35. The van der Waals surface area contributed by atoms with Crippen LogP contribution in [0.1, 0.15) is 5.56 Å². The molecule has 0 fully saturated rings. The lowest BCUT2D eigenvalue weighted by molar-refractivity contribution is 1.52. The van der Waals surface area contributed by atoms with E-state index in [1.807, 2.05) is 22.7 Å². The zero-order valence-electron chi connectivity index (χ0n) is 15.0. The molecule has 0 saturated heterocycles. The van der Waals surface area contributed by atoms with Gasteiger partial charge in [-0.3, -0.25) is 0 Å². The van der Waals surface area contributed by atoms with Crippen molar-refractivity contribution in [1.82, 2.24) is 0 Å². The van der Waals surface area contributed by atoms with Gasteiger partial charge in [0, 0.05) is 20.2 Å². The molecule has 0 saturated carbocycles. The molecule has 6 rings (SSSR count). The molecular formula is C25H18S2. The van der Waals surface area contributed by atoms with Crippen LogP contribution in [0.15, 0.2) is 89.6 Å². The van der Waals surface area contributed by atoms with E-state index in [2.05, 4.69) is 96.5 Å². The van der Waals surface area contributed by atoms with Gasteiger partial charge in [0.15, 0.2) is 0 Å². The minimum Gasteiger partial charge on any atom is -0.144 e. The number of hydrogen-bond acceptors (Lipinski definition) is 2. The van der Waals surface area contributed by atoms with Crippen LogP contribution in [0.2, 0.25) is 0 Å². The van der Waals surface area contributed by atoms with Crippen LogP contribution in [-0.2, 0) is 0 Å². The highest BCUT2D eigenvalue weighted by Gasteiger charge is 2.09. The van der Waals surface area contributed by atoms with E-state index in [1.54, 1.807) is 0 Å². The van der Waals surface area contributed by atoms with Gasteiger partial charge in [-0.2, -0.15) is 0 Å². The van der Waals surface area contributed by atoms with E-state index >= 15 is 0 Å². The number of hydrogen-bond donors (Lipinski definition) is 0. The van der Waals surface area contributed by atoms with E-state index in [0.29, 0.717) is 0 Å². The molecule has 0 aromatic carbocycles. The number of rotatable bonds is 0. The summed E-state index contributed by atoms with van der Waals surface area (Å²) < 4.78 is 2.78. The second-order valence-corrected chi connectivity index (χ2v) is 8.64. The topological polar surface area (TPSA) is 0 Å². The maximum Gasteiger partial charge on any atom is 0.0355 e. The van der Waals surface area contributed by atoms with Gasteiger partial charge < -0.3 is 0 Å². The number of aryl methyl sites for hydroxylation is 1. The largest absolute Gasteiger partial charge is 0.144 e. The third kappa shape index (κ3) is 3.01. The highest BCUT2D eigenvalue weighted by molar-refractivity contribution is 7.17. The maximum atomic E-state index is 2.28. The normalized spacial score (nSPS) is 11.1. The van der Waals surface area contributed by atoms with Crippen molar-refractivity contribution in [2.24, 2.45) is 0 Å². The van der Waals surface area contributed by atoms with Gasteiger partial charge in [0.05, 0.1) is 0 Å². The van der Waals surface area contributed by atoms with Crippen molar-refractivity contribution in [2.75, 3.05) is 0 Å². The van der Waals surface area contributed by atoms with Crippen molar-refractivity contribution in [3.8, 4) is 22.3 Å². The van der Waals surface area contributed by atoms with Gasteiger partial charge in [-0.15, -0.1) is 22.7 Å². The van der Waals surface area contributed by atoms with Crippen molar-refractivity contribution < 1.29 is 0 Å². The Morgan fingerprint density at radius 2 is 1.19 bits per heavy atom. The molecule has 0 unspecified atom stereocenters. The highest BCUT2D eigenvalue weighted by atomic mass is 32.1. The van der Waals surface area contributed by atoms with E-state index in [0.717, 1.165) is 0 Å². The Morgan fingerprint density at radius 3 is 1.96 bits per heavy atom. The molecule has 2 heteroatoms. The fraction of sp³-hybridized carbons (Fsp3) is 0.0400. The fourth-order valence-electron chi connectivity index (χ4n) is 3.65. The Hall–Kier alpha value is -2.68. The molecule has 2 aromatic rings. The molecule has 0 radical (unpaired) electrons. The third-order valence-electron chi connectivity index (χ3n) is 4.93. The van der Waals surface area contributed by atoms with E-state index in [1.165, 1.54) is 48.0 Å². The molecule has 4 aliphatic rings. The van der Waals surface area contributed by atoms with Crippen LogP contribution in [0.4, 0.5) is 0 Å². The summed E-state index contributed by atoms with van der Waals surface area (Å²) in [6, 6.07) is 28.3. The number of thiophene rings is 2. The van der Waals surface area contributed by atoms with Crippen molar-refractivity contribution in [3.05, 3.63) is 95.2 Å². The van der Waals surface area contributed by atoms with Crippen LogP contribution in [0.5, 0.6) is 0 Å². The van der Waals surface area contributed by atoms with Gasteiger partial charge in [-0.25, -0.2) is 0 Å². The first-order valence-electron chi connectivity index (χ1n) is 9.01. The van der Waals surface area contributed by atoms with E-state index < -0.39 is 0 Å². The number of fused-ring (bicyclic) bond motifs is 6. The smallest absolute Gasteiger partial charge is 0.0355 e. The summed E-state index contributed by atoms with van der Waals surface area (Å²) in [6.45, 7) is 2.14. The van der Waals surface area contributed by atoms with Crippen LogP contribution in [0, 0.1) is 6.92 Å². The van der Waals surface area contributed by atoms with Crippen LogP contribution in [0.3, 0.4) is 0 Å². The van der Waals surface area contributed by atoms with Gasteiger partial charge in [0.25, 0.3) is 0 Å². The minimum atomic E-state index is 1.32. The molecule has 0 N–H and O–H groups in total. The van der Waals surface area contributed by atoms with E-state index in [4.69, 9.17) is 0 Å². The first-order chi connectivity index (χ1) is 13.3. The highest BCUT2D eigenvalue weighted by Crippen LogP contribution is 2.37. The lowest BCUT2D eigenvalue weighted by atomic mass is 10.1. The van der Waals surface area contributed by atoms with Crippen LogP contribution >= 0.6 is 22.7 Å². The zero-order chi connectivity index (χ0) is 18.2. The van der Waals surface area contributed by atoms with Crippen molar-refractivity contribution >= 4 is 42.8 Å². The average molecular weight is 383 g/mol. The Balaban J connectivity index is 0.000000119. The molecular weight excluding hydrogens is 364 g/mol. The van der Waals surface area contributed by atoms with Crippen molar-refractivity contribution in [3.63, 3.8) is 0 Å². The summed E-state index contributed by atoms with van der Waals surface area (Å²) in [5.74, 6) is 0. The second kappa shape index (κ2) is 6.80. The third-order valence-corrected chi connectivity index (χ3v) is 6.66. The monoisotopic (exact) mass is 382 g/mol. The Kier molecular flexibility index (Phi) is 4.16. The van der Waals surface area contributed by atoms with E-state index in [-0.39, 0.29) is 0 Å². The molecule has 0 nitrogen and oxygen atoms in total. The molecule has 0 amide bonds. The summed E-state index contributed by atoms with van der Waals surface area (Å²) >= 11 is 3.63. The Labute approximate surface area is 167 Å². The lowest BCUT2D eigenvalue weighted by Gasteiger charge is -1.90.